The molecule has 0 amide bonds. The van der Waals surface area contributed by atoms with Gasteiger partial charge >= 0.3 is 0 Å². The zero-order valence-corrected chi connectivity index (χ0v) is 10.8. The molecule has 1 atom stereocenters. The Kier molecular flexibility index (Phi) is 3.31. The van der Waals surface area contributed by atoms with Gasteiger partial charge in [-0.15, -0.1) is 0 Å². The molecular formula is C16H14N2O2. The van der Waals surface area contributed by atoms with E-state index in [-0.39, 0.29) is 12.1 Å². The Labute approximate surface area is 115 Å². The third kappa shape index (κ3) is 2.33. The fourth-order valence-electron chi connectivity index (χ4n) is 2.33. The molecule has 2 aromatic carbocycles. The van der Waals surface area contributed by atoms with Crippen molar-refractivity contribution in [3.05, 3.63) is 76.7 Å². The summed E-state index contributed by atoms with van der Waals surface area (Å²) in [4.78, 5) is 11.6. The Morgan fingerprint density at radius 3 is 2.70 bits per heavy atom. The van der Waals surface area contributed by atoms with Gasteiger partial charge < -0.3 is 5.11 Å². The van der Waals surface area contributed by atoms with E-state index >= 15 is 0 Å². The standard InChI is InChI=1S/C16H14N2O2/c19-15(11-18-16(20)9-4-10-17-18)14-8-3-6-12-5-1-2-7-13(12)14/h1-10,15,19H,11H2. The van der Waals surface area contributed by atoms with Crippen LogP contribution in [0.25, 0.3) is 10.8 Å². The first-order chi connectivity index (χ1) is 9.75. The van der Waals surface area contributed by atoms with E-state index in [4.69, 9.17) is 0 Å². The first kappa shape index (κ1) is 12.6. The number of aromatic nitrogens is 2. The van der Waals surface area contributed by atoms with Gasteiger partial charge in [-0.05, 0) is 22.4 Å². The van der Waals surface area contributed by atoms with Gasteiger partial charge in [0.05, 0.1) is 12.6 Å². The second-order valence-corrected chi connectivity index (χ2v) is 4.63. The van der Waals surface area contributed by atoms with Gasteiger partial charge in [-0.3, -0.25) is 4.79 Å². The predicted molar refractivity (Wildman–Crippen MR) is 77.4 cm³/mol. The highest BCUT2D eigenvalue weighted by Gasteiger charge is 2.12. The normalized spacial score (nSPS) is 12.4. The van der Waals surface area contributed by atoms with Gasteiger partial charge in [-0.25, -0.2) is 4.68 Å². The van der Waals surface area contributed by atoms with Crippen molar-refractivity contribution < 1.29 is 5.11 Å². The first-order valence-electron chi connectivity index (χ1n) is 6.43. The smallest absolute Gasteiger partial charge is 0.266 e. The van der Waals surface area contributed by atoms with Gasteiger partial charge in [0, 0.05) is 12.3 Å². The lowest BCUT2D eigenvalue weighted by Gasteiger charge is -2.14. The van der Waals surface area contributed by atoms with Crippen molar-refractivity contribution in [2.24, 2.45) is 0 Å². The molecule has 3 aromatic rings. The van der Waals surface area contributed by atoms with Gasteiger partial charge in [0.1, 0.15) is 0 Å². The quantitative estimate of drug-likeness (QED) is 0.790. The van der Waals surface area contributed by atoms with E-state index in [9.17, 15) is 9.90 Å². The zero-order valence-electron chi connectivity index (χ0n) is 10.8. The van der Waals surface area contributed by atoms with E-state index in [1.54, 1.807) is 6.07 Å². The molecule has 4 heteroatoms. The maximum absolute atomic E-state index is 11.6. The molecule has 0 radical (unpaired) electrons. The predicted octanol–water partition coefficient (Wildman–Crippen LogP) is 2.13. The minimum Gasteiger partial charge on any atom is -0.386 e. The fourth-order valence-corrected chi connectivity index (χ4v) is 2.33. The monoisotopic (exact) mass is 266 g/mol. The molecule has 0 bridgehead atoms. The fraction of sp³-hybridized carbons (Fsp3) is 0.125. The Morgan fingerprint density at radius 2 is 1.85 bits per heavy atom. The van der Waals surface area contributed by atoms with E-state index < -0.39 is 6.10 Å². The molecule has 1 N–H and O–H groups in total. The van der Waals surface area contributed by atoms with Gasteiger partial charge in [-0.2, -0.15) is 5.10 Å². The van der Waals surface area contributed by atoms with Crippen molar-refractivity contribution in [3.8, 4) is 0 Å². The van der Waals surface area contributed by atoms with Gasteiger partial charge in [0.25, 0.3) is 5.56 Å². The molecule has 0 aliphatic rings. The number of hydrogen-bond acceptors (Lipinski definition) is 3. The number of benzene rings is 2. The maximum Gasteiger partial charge on any atom is 0.266 e. The van der Waals surface area contributed by atoms with Crippen LogP contribution in [0, 0.1) is 0 Å². The lowest BCUT2D eigenvalue weighted by atomic mass is 10.0. The lowest BCUT2D eigenvalue weighted by Crippen LogP contribution is -2.24. The highest BCUT2D eigenvalue weighted by Crippen LogP contribution is 2.24. The van der Waals surface area contributed by atoms with Crippen molar-refractivity contribution in [2.45, 2.75) is 12.6 Å². The summed E-state index contributed by atoms with van der Waals surface area (Å²) in [7, 11) is 0. The summed E-state index contributed by atoms with van der Waals surface area (Å²) in [6.07, 6.45) is 0.769. The summed E-state index contributed by atoms with van der Waals surface area (Å²) in [5, 5.41) is 16.4. The van der Waals surface area contributed by atoms with Crippen molar-refractivity contribution >= 4 is 10.8 Å². The molecule has 100 valence electrons. The molecule has 0 spiro atoms. The number of fused-ring (bicyclic) bond motifs is 1. The van der Waals surface area contributed by atoms with Crippen LogP contribution >= 0.6 is 0 Å². The average molecular weight is 266 g/mol. The Bertz CT molecular complexity index is 790. The minimum absolute atomic E-state index is 0.147. The number of aliphatic hydroxyl groups excluding tert-OH is 1. The summed E-state index contributed by atoms with van der Waals surface area (Å²) < 4.78 is 1.27. The maximum atomic E-state index is 11.6. The third-order valence-electron chi connectivity index (χ3n) is 3.31. The Morgan fingerprint density at radius 1 is 1.05 bits per heavy atom. The van der Waals surface area contributed by atoms with Crippen LogP contribution < -0.4 is 5.56 Å². The van der Waals surface area contributed by atoms with E-state index in [1.165, 1.54) is 16.9 Å². The van der Waals surface area contributed by atoms with E-state index in [1.807, 2.05) is 42.5 Å². The zero-order chi connectivity index (χ0) is 13.9. The van der Waals surface area contributed by atoms with Crippen LogP contribution in [0.5, 0.6) is 0 Å². The van der Waals surface area contributed by atoms with Crippen molar-refractivity contribution in [1.29, 1.82) is 0 Å². The molecule has 0 aliphatic heterocycles. The average Bonchev–Trinajstić information content (AvgIpc) is 2.49. The summed E-state index contributed by atoms with van der Waals surface area (Å²) in [5.74, 6) is 0. The second kappa shape index (κ2) is 5.27. The minimum atomic E-state index is -0.770. The SMILES string of the molecule is O=c1cccnn1CC(O)c1cccc2ccccc12. The summed E-state index contributed by atoms with van der Waals surface area (Å²) in [5.41, 5.74) is 0.590. The van der Waals surface area contributed by atoms with Crippen LogP contribution in [0.2, 0.25) is 0 Å². The Balaban J connectivity index is 1.99. The highest BCUT2D eigenvalue weighted by atomic mass is 16.3. The Hall–Kier alpha value is -2.46. The number of rotatable bonds is 3. The molecule has 3 rings (SSSR count). The molecule has 0 aliphatic carbocycles. The number of aliphatic hydroxyl groups is 1. The molecule has 1 aromatic heterocycles. The van der Waals surface area contributed by atoms with Crippen LogP contribution in [0.15, 0.2) is 65.6 Å². The molecule has 0 saturated heterocycles. The topological polar surface area (TPSA) is 55.1 Å². The summed E-state index contributed by atoms with van der Waals surface area (Å²) >= 11 is 0. The lowest BCUT2D eigenvalue weighted by molar-refractivity contribution is 0.150. The highest BCUT2D eigenvalue weighted by molar-refractivity contribution is 5.85. The van der Waals surface area contributed by atoms with Crippen molar-refractivity contribution in [1.82, 2.24) is 9.78 Å². The van der Waals surface area contributed by atoms with Crippen LogP contribution in [-0.2, 0) is 6.54 Å². The van der Waals surface area contributed by atoms with Crippen LogP contribution in [0.1, 0.15) is 11.7 Å². The molecule has 1 unspecified atom stereocenters. The van der Waals surface area contributed by atoms with Crippen molar-refractivity contribution in [2.75, 3.05) is 0 Å². The molecular weight excluding hydrogens is 252 g/mol. The van der Waals surface area contributed by atoms with E-state index in [0.29, 0.717) is 0 Å². The van der Waals surface area contributed by atoms with Crippen molar-refractivity contribution in [3.63, 3.8) is 0 Å². The third-order valence-corrected chi connectivity index (χ3v) is 3.31. The molecule has 4 nitrogen and oxygen atoms in total. The molecule has 0 fully saturated rings. The molecule has 0 saturated carbocycles. The summed E-state index contributed by atoms with van der Waals surface area (Å²) in [6, 6.07) is 16.7. The van der Waals surface area contributed by atoms with Gasteiger partial charge in [-0.1, -0.05) is 42.5 Å². The van der Waals surface area contributed by atoms with E-state index in [2.05, 4.69) is 5.10 Å². The largest absolute Gasteiger partial charge is 0.386 e. The van der Waals surface area contributed by atoms with Gasteiger partial charge in [0.2, 0.25) is 0 Å². The molecule has 20 heavy (non-hydrogen) atoms. The number of nitrogens with zero attached hydrogens (tertiary/aromatic N) is 2. The second-order valence-electron chi connectivity index (χ2n) is 4.63. The van der Waals surface area contributed by atoms with Crippen LogP contribution in [-0.4, -0.2) is 14.9 Å². The van der Waals surface area contributed by atoms with Gasteiger partial charge in [0.15, 0.2) is 0 Å². The molecule has 1 heterocycles. The van der Waals surface area contributed by atoms with Crippen LogP contribution in [0.4, 0.5) is 0 Å². The van der Waals surface area contributed by atoms with E-state index in [0.717, 1.165) is 16.3 Å². The van der Waals surface area contributed by atoms with Crippen LogP contribution in [0.3, 0.4) is 0 Å². The summed E-state index contributed by atoms with van der Waals surface area (Å²) in [6.45, 7) is 0.147. The number of hydrogen-bond donors (Lipinski definition) is 1. The first-order valence-corrected chi connectivity index (χ1v) is 6.43.